The van der Waals surface area contributed by atoms with E-state index in [1.807, 2.05) is 0 Å². The third kappa shape index (κ3) is 6.15. The highest BCUT2D eigenvalue weighted by Crippen LogP contribution is 2.08. The Morgan fingerprint density at radius 3 is 2.17 bits per heavy atom. The van der Waals surface area contributed by atoms with Crippen LogP contribution in [-0.2, 0) is 14.3 Å². The quantitative estimate of drug-likeness (QED) is 0.398. The van der Waals surface area contributed by atoms with Gasteiger partial charge in [-0.3, -0.25) is 4.79 Å². The van der Waals surface area contributed by atoms with E-state index in [2.05, 4.69) is 20.7 Å². The molecule has 0 aromatic carbocycles. The molecular formula is C7H11BrO4. The fraction of sp³-hybridized carbons (Fsp3) is 0.714. The van der Waals surface area contributed by atoms with Gasteiger partial charge in [0.1, 0.15) is 10.9 Å². The molecule has 0 rings (SSSR count). The summed E-state index contributed by atoms with van der Waals surface area (Å²) >= 11 is 2.84. The van der Waals surface area contributed by atoms with Crippen molar-refractivity contribution in [2.24, 2.45) is 0 Å². The van der Waals surface area contributed by atoms with Crippen molar-refractivity contribution in [3.8, 4) is 0 Å². The van der Waals surface area contributed by atoms with Crippen molar-refractivity contribution in [1.82, 2.24) is 0 Å². The molecule has 0 atom stereocenters. The van der Waals surface area contributed by atoms with Crippen LogP contribution in [0.5, 0.6) is 0 Å². The summed E-state index contributed by atoms with van der Waals surface area (Å²) in [6, 6.07) is 0. The molecule has 0 fully saturated rings. The molecule has 0 aromatic rings. The van der Waals surface area contributed by atoms with E-state index in [0.29, 0.717) is 0 Å². The molecule has 0 N–H and O–H groups in total. The van der Waals surface area contributed by atoms with Crippen LogP contribution >= 0.6 is 15.9 Å². The van der Waals surface area contributed by atoms with E-state index in [1.165, 1.54) is 0 Å². The van der Waals surface area contributed by atoms with E-state index < -0.39 is 17.7 Å². The average Bonchev–Trinajstić information content (AvgIpc) is 1.82. The van der Waals surface area contributed by atoms with Gasteiger partial charge < -0.3 is 9.47 Å². The number of carbonyl (C=O) groups is 2. The molecule has 0 saturated heterocycles. The SMILES string of the molecule is CC(C)(C)OC(=O)OC(=O)CBr. The van der Waals surface area contributed by atoms with E-state index in [-0.39, 0.29) is 5.33 Å². The van der Waals surface area contributed by atoms with Gasteiger partial charge in [-0.2, -0.15) is 0 Å². The first-order valence-electron chi connectivity index (χ1n) is 3.35. The molecule has 0 aromatic heterocycles. The Morgan fingerprint density at radius 1 is 1.33 bits per heavy atom. The van der Waals surface area contributed by atoms with Gasteiger partial charge in [-0.25, -0.2) is 4.79 Å². The second kappa shape index (κ2) is 4.45. The van der Waals surface area contributed by atoms with Gasteiger partial charge in [0.15, 0.2) is 0 Å². The Hall–Kier alpha value is -0.580. The van der Waals surface area contributed by atoms with Gasteiger partial charge in [0.2, 0.25) is 0 Å². The number of carbonyl (C=O) groups excluding carboxylic acids is 2. The Balaban J connectivity index is 3.83. The summed E-state index contributed by atoms with van der Waals surface area (Å²) in [5.41, 5.74) is -0.635. The van der Waals surface area contributed by atoms with E-state index in [9.17, 15) is 9.59 Å². The van der Waals surface area contributed by atoms with Gasteiger partial charge in [0, 0.05) is 0 Å². The summed E-state index contributed by atoms with van der Waals surface area (Å²) in [6.45, 7) is 5.06. The third-order valence-electron chi connectivity index (χ3n) is 0.696. The van der Waals surface area contributed by atoms with Crippen molar-refractivity contribution in [2.75, 3.05) is 5.33 Å². The van der Waals surface area contributed by atoms with Crippen molar-refractivity contribution >= 4 is 28.1 Å². The fourth-order valence-corrected chi connectivity index (χ4v) is 0.506. The normalized spacial score (nSPS) is 10.7. The Morgan fingerprint density at radius 2 is 1.83 bits per heavy atom. The van der Waals surface area contributed by atoms with Gasteiger partial charge >= 0.3 is 12.1 Å². The number of esters is 1. The zero-order chi connectivity index (χ0) is 9.78. The third-order valence-corrected chi connectivity index (χ3v) is 1.15. The van der Waals surface area contributed by atoms with Crippen LogP contribution in [0.25, 0.3) is 0 Å². The Kier molecular flexibility index (Phi) is 4.23. The monoisotopic (exact) mass is 238 g/mol. The highest BCUT2D eigenvalue weighted by Gasteiger charge is 2.19. The number of halogens is 1. The summed E-state index contributed by atoms with van der Waals surface area (Å²) < 4.78 is 8.94. The predicted molar refractivity (Wildman–Crippen MR) is 46.1 cm³/mol. The number of ether oxygens (including phenoxy) is 2. The summed E-state index contributed by atoms with van der Waals surface area (Å²) in [7, 11) is 0. The molecule has 0 aliphatic carbocycles. The smallest absolute Gasteiger partial charge is 0.428 e. The average molecular weight is 239 g/mol. The van der Waals surface area contributed by atoms with Gasteiger partial charge in [0.25, 0.3) is 0 Å². The Bertz CT molecular complexity index is 182. The molecule has 4 nitrogen and oxygen atoms in total. The predicted octanol–water partition coefficient (Wildman–Crippen LogP) is 1.86. The number of hydrogen-bond acceptors (Lipinski definition) is 4. The second-order valence-electron chi connectivity index (χ2n) is 3.07. The van der Waals surface area contributed by atoms with Crippen LogP contribution in [0.4, 0.5) is 4.79 Å². The van der Waals surface area contributed by atoms with Crippen LogP contribution in [0.1, 0.15) is 20.8 Å². The number of hydrogen-bond donors (Lipinski definition) is 0. The molecule has 0 aliphatic rings. The van der Waals surface area contributed by atoms with E-state index in [4.69, 9.17) is 4.74 Å². The maximum absolute atomic E-state index is 10.7. The molecule has 5 heteroatoms. The molecule has 0 saturated carbocycles. The second-order valence-corrected chi connectivity index (χ2v) is 3.63. The lowest BCUT2D eigenvalue weighted by Crippen LogP contribution is -2.26. The lowest BCUT2D eigenvalue weighted by molar-refractivity contribution is -0.138. The summed E-state index contributed by atoms with van der Waals surface area (Å²) in [4.78, 5) is 21.3. The van der Waals surface area contributed by atoms with E-state index in [0.717, 1.165) is 0 Å². The van der Waals surface area contributed by atoms with Gasteiger partial charge in [-0.05, 0) is 20.8 Å². The molecule has 0 spiro atoms. The van der Waals surface area contributed by atoms with Gasteiger partial charge in [-0.1, -0.05) is 15.9 Å². The first-order chi connectivity index (χ1) is 5.35. The molecule has 12 heavy (non-hydrogen) atoms. The highest BCUT2D eigenvalue weighted by molar-refractivity contribution is 9.09. The first kappa shape index (κ1) is 11.4. The van der Waals surface area contributed by atoms with Gasteiger partial charge in [-0.15, -0.1) is 0 Å². The Labute approximate surface area is 79.3 Å². The largest absolute Gasteiger partial charge is 0.516 e. The molecule has 0 unspecified atom stereocenters. The molecule has 0 amide bonds. The molecular weight excluding hydrogens is 228 g/mol. The summed E-state index contributed by atoms with van der Waals surface area (Å²) in [5.74, 6) is -0.663. The highest BCUT2D eigenvalue weighted by atomic mass is 79.9. The van der Waals surface area contributed by atoms with Crippen LogP contribution in [0.2, 0.25) is 0 Å². The van der Waals surface area contributed by atoms with Crippen LogP contribution < -0.4 is 0 Å². The summed E-state index contributed by atoms with van der Waals surface area (Å²) in [5, 5.41) is -0.0216. The van der Waals surface area contributed by atoms with Crippen LogP contribution in [0, 0.1) is 0 Å². The minimum atomic E-state index is -0.966. The van der Waals surface area contributed by atoms with Crippen LogP contribution in [0.15, 0.2) is 0 Å². The molecule has 0 aliphatic heterocycles. The minimum Gasteiger partial charge on any atom is -0.428 e. The van der Waals surface area contributed by atoms with Crippen molar-refractivity contribution in [3.63, 3.8) is 0 Å². The van der Waals surface area contributed by atoms with Gasteiger partial charge in [0.05, 0.1) is 0 Å². The van der Waals surface area contributed by atoms with E-state index in [1.54, 1.807) is 20.8 Å². The molecule has 0 heterocycles. The maximum atomic E-state index is 10.7. The topological polar surface area (TPSA) is 52.6 Å². The van der Waals surface area contributed by atoms with Crippen molar-refractivity contribution in [3.05, 3.63) is 0 Å². The van der Waals surface area contributed by atoms with Crippen molar-refractivity contribution in [2.45, 2.75) is 26.4 Å². The zero-order valence-corrected chi connectivity index (χ0v) is 8.80. The zero-order valence-electron chi connectivity index (χ0n) is 7.22. The lowest BCUT2D eigenvalue weighted by atomic mass is 10.2. The standard InChI is InChI=1S/C7H11BrO4/c1-7(2,3)12-6(10)11-5(9)4-8/h4H2,1-3H3. The van der Waals surface area contributed by atoms with Crippen LogP contribution in [-0.4, -0.2) is 23.1 Å². The molecule has 0 radical (unpaired) electrons. The van der Waals surface area contributed by atoms with Crippen LogP contribution in [0.3, 0.4) is 0 Å². The number of rotatable bonds is 1. The van der Waals surface area contributed by atoms with Crippen molar-refractivity contribution < 1.29 is 19.1 Å². The lowest BCUT2D eigenvalue weighted by Gasteiger charge is -2.17. The van der Waals surface area contributed by atoms with Crippen molar-refractivity contribution in [1.29, 1.82) is 0 Å². The number of alkyl halides is 1. The molecule has 70 valence electrons. The first-order valence-corrected chi connectivity index (χ1v) is 4.47. The maximum Gasteiger partial charge on any atom is 0.516 e. The fourth-order valence-electron chi connectivity index (χ4n) is 0.391. The molecule has 0 bridgehead atoms. The summed E-state index contributed by atoms with van der Waals surface area (Å²) in [6.07, 6.45) is -0.966. The van der Waals surface area contributed by atoms with E-state index >= 15 is 0 Å². The minimum absolute atomic E-state index is 0.0216.